The fourth-order valence-electron chi connectivity index (χ4n) is 2.45. The minimum atomic E-state index is -0.174. The predicted molar refractivity (Wildman–Crippen MR) is 108 cm³/mol. The van der Waals surface area contributed by atoms with Gasteiger partial charge in [-0.15, -0.1) is 12.4 Å². The number of methoxy groups -OCH3 is 2. The Labute approximate surface area is 166 Å². The van der Waals surface area contributed by atoms with Crippen LogP contribution in [0.15, 0.2) is 42.5 Å². The fourth-order valence-corrected chi connectivity index (χ4v) is 2.45. The number of halogens is 1. The standard InChI is InChI=1S/C20H26N2O4.ClH/c1-21-10-7-11-22-20(23)16-12-17(24-2)19(18(13-16)25-3)26-14-15-8-5-4-6-9-15;/h4-6,8-9,12-13,21H,7,10-11,14H2,1-3H3,(H,22,23);1H. The highest BCUT2D eigenvalue weighted by atomic mass is 35.5. The van der Waals surface area contributed by atoms with E-state index in [9.17, 15) is 4.79 Å². The number of nitrogens with one attached hydrogen (secondary N) is 2. The van der Waals surface area contributed by atoms with E-state index in [0.29, 0.717) is 36.0 Å². The molecule has 0 radical (unpaired) electrons. The highest BCUT2D eigenvalue weighted by Crippen LogP contribution is 2.39. The van der Waals surface area contributed by atoms with E-state index in [4.69, 9.17) is 14.2 Å². The molecule has 2 N–H and O–H groups in total. The summed E-state index contributed by atoms with van der Waals surface area (Å²) in [6.07, 6.45) is 0.856. The smallest absolute Gasteiger partial charge is 0.251 e. The topological polar surface area (TPSA) is 68.8 Å². The van der Waals surface area contributed by atoms with Crippen LogP contribution in [0, 0.1) is 0 Å². The number of hydrogen-bond acceptors (Lipinski definition) is 5. The Balaban J connectivity index is 0.00000364. The molecule has 0 aromatic heterocycles. The van der Waals surface area contributed by atoms with Crippen LogP contribution in [0.3, 0.4) is 0 Å². The maximum absolute atomic E-state index is 12.4. The summed E-state index contributed by atoms with van der Waals surface area (Å²) in [5.41, 5.74) is 1.50. The monoisotopic (exact) mass is 394 g/mol. The largest absolute Gasteiger partial charge is 0.493 e. The van der Waals surface area contributed by atoms with Gasteiger partial charge >= 0.3 is 0 Å². The van der Waals surface area contributed by atoms with Crippen molar-refractivity contribution in [2.45, 2.75) is 13.0 Å². The summed E-state index contributed by atoms with van der Waals surface area (Å²) in [6, 6.07) is 13.1. The number of carbonyl (C=O) groups excluding carboxylic acids is 1. The molecule has 1 amide bonds. The van der Waals surface area contributed by atoms with Crippen LogP contribution < -0.4 is 24.8 Å². The van der Waals surface area contributed by atoms with Crippen LogP contribution in [0.2, 0.25) is 0 Å². The van der Waals surface area contributed by atoms with Crippen LogP contribution in [-0.4, -0.2) is 40.3 Å². The summed E-state index contributed by atoms with van der Waals surface area (Å²) in [6.45, 7) is 1.82. The van der Waals surface area contributed by atoms with Gasteiger partial charge in [-0.2, -0.15) is 0 Å². The molecule has 7 heteroatoms. The van der Waals surface area contributed by atoms with Gasteiger partial charge in [-0.25, -0.2) is 0 Å². The molecular formula is C20H27ClN2O4. The van der Waals surface area contributed by atoms with Crippen LogP contribution in [-0.2, 0) is 6.61 Å². The number of hydrogen-bond donors (Lipinski definition) is 2. The van der Waals surface area contributed by atoms with Gasteiger partial charge in [-0.1, -0.05) is 30.3 Å². The van der Waals surface area contributed by atoms with Crippen LogP contribution in [0.5, 0.6) is 17.2 Å². The molecule has 6 nitrogen and oxygen atoms in total. The van der Waals surface area contributed by atoms with Crippen molar-refractivity contribution < 1.29 is 19.0 Å². The molecular weight excluding hydrogens is 368 g/mol. The van der Waals surface area contributed by atoms with Crippen LogP contribution >= 0.6 is 12.4 Å². The Hall–Kier alpha value is -2.44. The second-order valence-corrected chi connectivity index (χ2v) is 5.70. The Morgan fingerprint density at radius 1 is 1.00 bits per heavy atom. The van der Waals surface area contributed by atoms with Crippen LogP contribution in [0.1, 0.15) is 22.3 Å². The number of rotatable bonds is 10. The molecule has 0 saturated carbocycles. The minimum Gasteiger partial charge on any atom is -0.493 e. The van der Waals surface area contributed by atoms with E-state index in [1.165, 1.54) is 0 Å². The van der Waals surface area contributed by atoms with Crippen molar-refractivity contribution in [3.63, 3.8) is 0 Å². The molecule has 0 heterocycles. The number of amides is 1. The summed E-state index contributed by atoms with van der Waals surface area (Å²) in [7, 11) is 4.96. The summed E-state index contributed by atoms with van der Waals surface area (Å²) in [5, 5.41) is 5.93. The van der Waals surface area contributed by atoms with Gasteiger partial charge in [-0.05, 0) is 37.7 Å². The zero-order valence-corrected chi connectivity index (χ0v) is 16.7. The molecule has 2 aromatic carbocycles. The van der Waals surface area contributed by atoms with Crippen molar-refractivity contribution in [2.24, 2.45) is 0 Å². The maximum Gasteiger partial charge on any atom is 0.251 e. The lowest BCUT2D eigenvalue weighted by molar-refractivity contribution is 0.0952. The average molecular weight is 395 g/mol. The Morgan fingerprint density at radius 3 is 2.19 bits per heavy atom. The van der Waals surface area contributed by atoms with Crippen molar-refractivity contribution in [3.8, 4) is 17.2 Å². The quantitative estimate of drug-likeness (QED) is 0.606. The van der Waals surface area contributed by atoms with E-state index in [-0.39, 0.29) is 18.3 Å². The van der Waals surface area contributed by atoms with Crippen LogP contribution in [0.25, 0.3) is 0 Å². The molecule has 0 unspecified atom stereocenters. The first-order chi connectivity index (χ1) is 12.7. The first kappa shape index (κ1) is 22.6. The Bertz CT molecular complexity index is 685. The fraction of sp³-hybridized carbons (Fsp3) is 0.350. The number of benzene rings is 2. The summed E-state index contributed by atoms with van der Waals surface area (Å²) >= 11 is 0. The summed E-state index contributed by atoms with van der Waals surface area (Å²) in [4.78, 5) is 12.4. The number of ether oxygens (including phenoxy) is 3. The van der Waals surface area contributed by atoms with Gasteiger partial charge in [0.25, 0.3) is 5.91 Å². The second-order valence-electron chi connectivity index (χ2n) is 5.70. The van der Waals surface area contributed by atoms with E-state index in [1.807, 2.05) is 37.4 Å². The van der Waals surface area contributed by atoms with Crippen molar-refractivity contribution in [1.29, 1.82) is 0 Å². The molecule has 27 heavy (non-hydrogen) atoms. The summed E-state index contributed by atoms with van der Waals surface area (Å²) < 4.78 is 16.7. The summed E-state index contributed by atoms with van der Waals surface area (Å²) in [5.74, 6) is 1.22. The van der Waals surface area contributed by atoms with Crippen molar-refractivity contribution in [2.75, 3.05) is 34.4 Å². The second kappa shape index (κ2) is 12.0. The first-order valence-electron chi connectivity index (χ1n) is 8.55. The van der Waals surface area contributed by atoms with Gasteiger partial charge in [-0.3, -0.25) is 4.79 Å². The van der Waals surface area contributed by atoms with Crippen molar-refractivity contribution in [3.05, 3.63) is 53.6 Å². The molecule has 2 aromatic rings. The van der Waals surface area contributed by atoms with Gasteiger partial charge in [0.2, 0.25) is 5.75 Å². The first-order valence-corrected chi connectivity index (χ1v) is 8.55. The van der Waals surface area contributed by atoms with E-state index in [1.54, 1.807) is 26.4 Å². The van der Waals surface area contributed by atoms with Gasteiger partial charge in [0.05, 0.1) is 14.2 Å². The zero-order valence-electron chi connectivity index (χ0n) is 15.9. The van der Waals surface area contributed by atoms with E-state index >= 15 is 0 Å². The SMILES string of the molecule is CNCCCNC(=O)c1cc(OC)c(OCc2ccccc2)c(OC)c1.Cl. The molecule has 0 aliphatic heterocycles. The lowest BCUT2D eigenvalue weighted by atomic mass is 10.1. The molecule has 0 aliphatic carbocycles. The zero-order chi connectivity index (χ0) is 18.8. The molecule has 0 fully saturated rings. The minimum absolute atomic E-state index is 0. The van der Waals surface area contributed by atoms with Gasteiger partial charge in [0, 0.05) is 12.1 Å². The predicted octanol–water partition coefficient (Wildman–Crippen LogP) is 3.04. The third-order valence-electron chi connectivity index (χ3n) is 3.84. The lowest BCUT2D eigenvalue weighted by Gasteiger charge is -2.16. The van der Waals surface area contributed by atoms with Crippen molar-refractivity contribution in [1.82, 2.24) is 10.6 Å². The van der Waals surface area contributed by atoms with Crippen molar-refractivity contribution >= 4 is 18.3 Å². The molecule has 2 rings (SSSR count). The van der Waals surface area contributed by atoms with Gasteiger partial charge < -0.3 is 24.8 Å². The molecule has 0 aliphatic rings. The molecule has 0 atom stereocenters. The highest BCUT2D eigenvalue weighted by molar-refractivity contribution is 5.95. The van der Waals surface area contributed by atoms with E-state index in [0.717, 1.165) is 18.5 Å². The normalized spacial score (nSPS) is 9.89. The molecule has 148 valence electrons. The molecule has 0 saturated heterocycles. The molecule has 0 bridgehead atoms. The maximum atomic E-state index is 12.4. The van der Waals surface area contributed by atoms with E-state index < -0.39 is 0 Å². The highest BCUT2D eigenvalue weighted by Gasteiger charge is 2.17. The third kappa shape index (κ3) is 6.66. The van der Waals surface area contributed by atoms with Gasteiger partial charge in [0.15, 0.2) is 11.5 Å². The lowest BCUT2D eigenvalue weighted by Crippen LogP contribution is -2.26. The Kier molecular flexibility index (Phi) is 10.1. The van der Waals surface area contributed by atoms with Crippen LogP contribution in [0.4, 0.5) is 0 Å². The van der Waals surface area contributed by atoms with Gasteiger partial charge in [0.1, 0.15) is 6.61 Å². The average Bonchev–Trinajstić information content (AvgIpc) is 2.69. The number of carbonyl (C=O) groups is 1. The Morgan fingerprint density at radius 2 is 1.63 bits per heavy atom. The third-order valence-corrected chi connectivity index (χ3v) is 3.84. The van der Waals surface area contributed by atoms with E-state index in [2.05, 4.69) is 10.6 Å². The molecule has 0 spiro atoms.